The quantitative estimate of drug-likeness (QED) is 0.395. The van der Waals surface area contributed by atoms with Crippen LogP contribution in [0.15, 0.2) is 22.7 Å². The zero-order valence-electron chi connectivity index (χ0n) is 20.6. The number of aryl methyl sites for hydroxylation is 3. The predicted octanol–water partition coefficient (Wildman–Crippen LogP) is 5.20. The monoisotopic (exact) mass is 487 g/mol. The molecule has 2 heterocycles. The summed E-state index contributed by atoms with van der Waals surface area (Å²) >= 11 is 1.70. The van der Waals surface area contributed by atoms with Gasteiger partial charge in [-0.3, -0.25) is 14.5 Å². The molecule has 0 aliphatic rings. The highest BCUT2D eigenvalue weighted by Gasteiger charge is 2.18. The second-order valence-electron chi connectivity index (χ2n) is 8.43. The van der Waals surface area contributed by atoms with Crippen LogP contribution in [0.2, 0.25) is 0 Å². The summed E-state index contributed by atoms with van der Waals surface area (Å²) in [4.78, 5) is 28.6. The van der Waals surface area contributed by atoms with E-state index in [0.717, 1.165) is 40.1 Å². The Bertz CT molecular complexity index is 1120. The lowest BCUT2D eigenvalue weighted by molar-refractivity contribution is -0.137. The lowest BCUT2D eigenvalue weighted by Crippen LogP contribution is -2.25. The Labute approximate surface area is 204 Å². The third-order valence-corrected chi connectivity index (χ3v) is 6.94. The molecule has 9 heteroatoms. The van der Waals surface area contributed by atoms with Gasteiger partial charge < -0.3 is 14.7 Å². The molecule has 3 aromatic rings. The third kappa shape index (κ3) is 6.98. The highest BCUT2D eigenvalue weighted by Crippen LogP contribution is 2.33. The van der Waals surface area contributed by atoms with Gasteiger partial charge in [0.2, 0.25) is 5.82 Å². The van der Waals surface area contributed by atoms with Gasteiger partial charge >= 0.3 is 5.97 Å². The van der Waals surface area contributed by atoms with Crippen LogP contribution in [0.1, 0.15) is 54.3 Å². The van der Waals surface area contributed by atoms with E-state index in [0.29, 0.717) is 24.2 Å². The summed E-state index contributed by atoms with van der Waals surface area (Å²) in [6.07, 6.45) is 1.49. The third-order valence-electron chi connectivity index (χ3n) is 5.73. The summed E-state index contributed by atoms with van der Waals surface area (Å²) in [5, 5.41) is 20.2. The van der Waals surface area contributed by atoms with Crippen molar-refractivity contribution in [2.24, 2.45) is 0 Å². The first-order valence-electron chi connectivity index (χ1n) is 11.2. The molecule has 0 aliphatic carbocycles. The Hall–Kier alpha value is -3.04. The first-order valence-corrected chi connectivity index (χ1v) is 12.0. The van der Waals surface area contributed by atoms with Crippen LogP contribution in [0.4, 0.5) is 0 Å². The minimum absolute atomic E-state index is 0.131. The normalized spacial score (nSPS) is 10.9. The first kappa shape index (κ1) is 27.2. The van der Waals surface area contributed by atoms with Crippen molar-refractivity contribution in [1.29, 1.82) is 0 Å². The molecule has 184 valence electrons. The number of aliphatic carboxylic acids is 1. The standard InChI is InChI=1S/C24H31N3O3S.CH2O2/c1-7-17-12-18(10-15(4)19(17)8-9-22(28)29)23-25-24(30-26-23)20-11-16(5)21(31-20)13-27(6)14(2)3;2-1-3/h10-12,14H,7-9,13H2,1-6H3,(H,28,29);1H,(H,2,3). The predicted molar refractivity (Wildman–Crippen MR) is 133 cm³/mol. The zero-order valence-corrected chi connectivity index (χ0v) is 21.4. The van der Waals surface area contributed by atoms with Gasteiger partial charge in [0, 0.05) is 29.4 Å². The van der Waals surface area contributed by atoms with Gasteiger partial charge in [-0.1, -0.05) is 12.1 Å². The molecule has 0 fully saturated rings. The van der Waals surface area contributed by atoms with Gasteiger partial charge in [-0.05, 0) is 88.0 Å². The molecule has 8 nitrogen and oxygen atoms in total. The molecule has 1 aromatic carbocycles. The molecule has 0 unspecified atom stereocenters. The van der Waals surface area contributed by atoms with Crippen LogP contribution >= 0.6 is 11.3 Å². The average Bonchev–Trinajstić information content (AvgIpc) is 3.40. The van der Waals surface area contributed by atoms with E-state index in [1.54, 1.807) is 11.3 Å². The summed E-state index contributed by atoms with van der Waals surface area (Å²) in [6.45, 7) is 11.2. The Kier molecular flexibility index (Phi) is 9.95. The molecule has 0 amide bonds. The number of carboxylic acids is 1. The zero-order chi connectivity index (χ0) is 25.4. The van der Waals surface area contributed by atoms with Gasteiger partial charge in [0.25, 0.3) is 12.4 Å². The second-order valence-corrected chi connectivity index (χ2v) is 9.57. The first-order chi connectivity index (χ1) is 16.1. The second kappa shape index (κ2) is 12.4. The van der Waals surface area contributed by atoms with E-state index in [1.165, 1.54) is 10.4 Å². The molecule has 0 radical (unpaired) electrons. The van der Waals surface area contributed by atoms with Crippen LogP contribution in [-0.4, -0.2) is 50.8 Å². The average molecular weight is 488 g/mol. The van der Waals surface area contributed by atoms with Gasteiger partial charge in [-0.25, -0.2) is 0 Å². The van der Waals surface area contributed by atoms with Gasteiger partial charge in [-0.15, -0.1) is 11.3 Å². The summed E-state index contributed by atoms with van der Waals surface area (Å²) < 4.78 is 5.61. The summed E-state index contributed by atoms with van der Waals surface area (Å²) in [6, 6.07) is 6.67. The van der Waals surface area contributed by atoms with E-state index in [1.807, 2.05) is 13.0 Å². The molecule has 2 aromatic heterocycles. The number of rotatable bonds is 9. The SMILES string of the molecule is CCc1cc(-c2noc(-c3cc(C)c(CN(C)C(C)C)s3)n2)cc(C)c1CCC(=O)O.O=CO. The van der Waals surface area contributed by atoms with Crippen molar-refractivity contribution in [3.05, 3.63) is 45.3 Å². The number of thiophene rings is 1. The Balaban J connectivity index is 0.00000129. The van der Waals surface area contributed by atoms with E-state index in [-0.39, 0.29) is 12.9 Å². The Morgan fingerprint density at radius 2 is 1.91 bits per heavy atom. The molecule has 0 atom stereocenters. The molecular formula is C25H33N3O5S. The van der Waals surface area contributed by atoms with Crippen LogP contribution < -0.4 is 0 Å². The maximum Gasteiger partial charge on any atom is 0.303 e. The van der Waals surface area contributed by atoms with Crippen molar-refractivity contribution in [3.8, 4) is 22.2 Å². The summed E-state index contributed by atoms with van der Waals surface area (Å²) in [7, 11) is 2.13. The van der Waals surface area contributed by atoms with E-state index in [9.17, 15) is 4.79 Å². The number of carbonyl (C=O) groups is 2. The van der Waals surface area contributed by atoms with Crippen LogP contribution in [0.3, 0.4) is 0 Å². The Morgan fingerprint density at radius 1 is 1.24 bits per heavy atom. The highest BCUT2D eigenvalue weighted by molar-refractivity contribution is 7.15. The van der Waals surface area contributed by atoms with Crippen molar-refractivity contribution in [2.75, 3.05) is 7.05 Å². The van der Waals surface area contributed by atoms with E-state index in [4.69, 9.17) is 19.5 Å². The van der Waals surface area contributed by atoms with Gasteiger partial charge in [0.1, 0.15) is 0 Å². The lowest BCUT2D eigenvalue weighted by Gasteiger charge is -2.20. The number of carboxylic acid groups (broad SMARTS) is 2. The molecule has 34 heavy (non-hydrogen) atoms. The van der Waals surface area contributed by atoms with Crippen LogP contribution in [0.5, 0.6) is 0 Å². The topological polar surface area (TPSA) is 117 Å². The van der Waals surface area contributed by atoms with Crippen LogP contribution in [-0.2, 0) is 29.0 Å². The van der Waals surface area contributed by atoms with Crippen molar-refractivity contribution in [2.45, 2.75) is 66.5 Å². The number of aromatic nitrogens is 2. The number of nitrogens with zero attached hydrogens (tertiary/aromatic N) is 3. The molecule has 0 aliphatic heterocycles. The largest absolute Gasteiger partial charge is 0.483 e. The molecule has 3 rings (SSSR count). The molecule has 0 bridgehead atoms. The fraction of sp³-hybridized carbons (Fsp3) is 0.440. The lowest BCUT2D eigenvalue weighted by atomic mass is 9.93. The number of hydrogen-bond acceptors (Lipinski definition) is 7. The molecule has 2 N–H and O–H groups in total. The highest BCUT2D eigenvalue weighted by atomic mass is 32.1. The summed E-state index contributed by atoms with van der Waals surface area (Å²) in [5.41, 5.74) is 5.43. The van der Waals surface area contributed by atoms with Crippen molar-refractivity contribution in [1.82, 2.24) is 15.0 Å². The van der Waals surface area contributed by atoms with Crippen LogP contribution in [0, 0.1) is 13.8 Å². The minimum atomic E-state index is -0.779. The summed E-state index contributed by atoms with van der Waals surface area (Å²) in [5.74, 6) is 0.315. The van der Waals surface area contributed by atoms with Gasteiger partial charge in [0.05, 0.1) is 4.88 Å². The van der Waals surface area contributed by atoms with Gasteiger partial charge in [-0.2, -0.15) is 4.98 Å². The molecule has 0 spiro atoms. The van der Waals surface area contributed by atoms with Crippen molar-refractivity contribution < 1.29 is 24.3 Å². The van der Waals surface area contributed by atoms with E-state index >= 15 is 0 Å². The number of hydrogen-bond donors (Lipinski definition) is 2. The van der Waals surface area contributed by atoms with Crippen LogP contribution in [0.25, 0.3) is 22.2 Å². The maximum absolute atomic E-state index is 11.0. The fourth-order valence-electron chi connectivity index (χ4n) is 3.56. The van der Waals surface area contributed by atoms with Gasteiger partial charge in [0.15, 0.2) is 0 Å². The molecule has 0 saturated heterocycles. The molecule has 0 saturated carbocycles. The minimum Gasteiger partial charge on any atom is -0.483 e. The number of benzene rings is 1. The fourth-order valence-corrected chi connectivity index (χ4v) is 4.72. The smallest absolute Gasteiger partial charge is 0.303 e. The maximum atomic E-state index is 11.0. The van der Waals surface area contributed by atoms with E-state index in [2.05, 4.69) is 61.9 Å². The Morgan fingerprint density at radius 3 is 2.50 bits per heavy atom. The van der Waals surface area contributed by atoms with E-state index < -0.39 is 5.97 Å². The molecular weight excluding hydrogens is 454 g/mol. The van der Waals surface area contributed by atoms with Crippen molar-refractivity contribution in [3.63, 3.8) is 0 Å². The van der Waals surface area contributed by atoms with Crippen molar-refractivity contribution >= 4 is 23.8 Å².